The van der Waals surface area contributed by atoms with E-state index >= 15 is 0 Å². The molecule has 1 aromatic carbocycles. The van der Waals surface area contributed by atoms with Crippen molar-refractivity contribution in [2.75, 3.05) is 6.54 Å². The largest absolute Gasteiger partial charge is 0.355 e. The van der Waals surface area contributed by atoms with Crippen LogP contribution in [0.15, 0.2) is 24.3 Å². The molecule has 2 N–H and O–H groups in total. The van der Waals surface area contributed by atoms with Crippen molar-refractivity contribution in [3.8, 4) is 0 Å². The van der Waals surface area contributed by atoms with Gasteiger partial charge in [-0.1, -0.05) is 25.1 Å². The second kappa shape index (κ2) is 7.03. The highest BCUT2D eigenvalue weighted by Gasteiger charge is 2.35. The minimum atomic E-state index is -1.18. The van der Waals surface area contributed by atoms with Gasteiger partial charge in [0.1, 0.15) is 11.2 Å². The molecule has 0 saturated carbocycles. The van der Waals surface area contributed by atoms with Crippen LogP contribution in [0.5, 0.6) is 0 Å². The van der Waals surface area contributed by atoms with Crippen molar-refractivity contribution in [1.29, 1.82) is 0 Å². The maximum absolute atomic E-state index is 13.4. The van der Waals surface area contributed by atoms with Gasteiger partial charge in [-0.25, -0.2) is 4.39 Å². The zero-order valence-electron chi connectivity index (χ0n) is 12.1. The average Bonchev–Trinajstić information content (AvgIpc) is 2.43. The molecule has 0 radical (unpaired) electrons. The smallest absolute Gasteiger partial charge is 0.235 e. The number of amides is 2. The van der Waals surface area contributed by atoms with E-state index in [4.69, 9.17) is 0 Å². The summed E-state index contributed by atoms with van der Waals surface area (Å²) in [6, 6.07) is 6.22. The Hall–Kier alpha value is -1.91. The van der Waals surface area contributed by atoms with Gasteiger partial charge in [0.2, 0.25) is 11.8 Å². The van der Waals surface area contributed by atoms with Crippen molar-refractivity contribution in [2.45, 2.75) is 33.7 Å². The van der Waals surface area contributed by atoms with Crippen LogP contribution in [0.2, 0.25) is 0 Å². The predicted octanol–water partition coefficient (Wildman–Crippen LogP) is 1.99. The van der Waals surface area contributed by atoms with E-state index in [1.54, 1.807) is 32.0 Å². The van der Waals surface area contributed by atoms with Crippen LogP contribution in [-0.4, -0.2) is 18.4 Å². The van der Waals surface area contributed by atoms with Gasteiger partial charge in [0.05, 0.1) is 0 Å². The van der Waals surface area contributed by atoms with Crippen LogP contribution in [0.1, 0.15) is 32.8 Å². The normalized spacial score (nSPS) is 11.0. The fraction of sp³-hybridized carbons (Fsp3) is 0.467. The van der Waals surface area contributed by atoms with Gasteiger partial charge in [0.15, 0.2) is 0 Å². The first kappa shape index (κ1) is 16.1. The molecule has 1 rings (SSSR count). The van der Waals surface area contributed by atoms with E-state index in [0.717, 1.165) is 6.42 Å². The molecule has 1 aromatic rings. The number of rotatable bonds is 6. The van der Waals surface area contributed by atoms with Crippen LogP contribution in [-0.2, 0) is 16.1 Å². The lowest BCUT2D eigenvalue weighted by molar-refractivity contribution is -0.141. The SMILES string of the molecule is CCCNC(=O)C(C)(C)C(=O)NCc1ccccc1F. The first-order valence-corrected chi connectivity index (χ1v) is 6.69. The Labute approximate surface area is 118 Å². The molecule has 0 aliphatic heterocycles. The average molecular weight is 280 g/mol. The standard InChI is InChI=1S/C15H21FN2O2/c1-4-9-17-13(19)15(2,3)14(20)18-10-11-7-5-6-8-12(11)16/h5-8H,4,9-10H2,1-3H3,(H,17,19)(H,18,20). The number of carbonyl (C=O) groups is 2. The second-order valence-corrected chi connectivity index (χ2v) is 5.15. The molecule has 0 aromatic heterocycles. The summed E-state index contributed by atoms with van der Waals surface area (Å²) in [5.41, 5.74) is -0.786. The fourth-order valence-electron chi connectivity index (χ4n) is 1.60. The lowest BCUT2D eigenvalue weighted by Crippen LogP contribution is -2.47. The number of nitrogens with one attached hydrogen (secondary N) is 2. The molecule has 20 heavy (non-hydrogen) atoms. The van der Waals surface area contributed by atoms with Gasteiger partial charge in [-0.3, -0.25) is 9.59 Å². The molecular weight excluding hydrogens is 259 g/mol. The molecule has 0 saturated heterocycles. The van der Waals surface area contributed by atoms with E-state index in [0.29, 0.717) is 12.1 Å². The van der Waals surface area contributed by atoms with E-state index in [1.807, 2.05) is 6.92 Å². The summed E-state index contributed by atoms with van der Waals surface area (Å²) < 4.78 is 13.4. The Morgan fingerprint density at radius 3 is 2.35 bits per heavy atom. The van der Waals surface area contributed by atoms with Crippen LogP contribution in [0.25, 0.3) is 0 Å². The van der Waals surface area contributed by atoms with Crippen molar-refractivity contribution in [2.24, 2.45) is 5.41 Å². The minimum Gasteiger partial charge on any atom is -0.355 e. The maximum atomic E-state index is 13.4. The molecule has 0 heterocycles. The van der Waals surface area contributed by atoms with E-state index in [1.165, 1.54) is 6.07 Å². The maximum Gasteiger partial charge on any atom is 0.235 e. The summed E-state index contributed by atoms with van der Waals surface area (Å²) in [6.45, 7) is 5.63. The molecule has 5 heteroatoms. The van der Waals surface area contributed by atoms with E-state index in [2.05, 4.69) is 10.6 Å². The number of hydrogen-bond donors (Lipinski definition) is 2. The summed E-state index contributed by atoms with van der Waals surface area (Å²) in [5, 5.41) is 5.29. The van der Waals surface area contributed by atoms with E-state index in [9.17, 15) is 14.0 Å². The summed E-state index contributed by atoms with van der Waals surface area (Å²) in [7, 11) is 0. The van der Waals surface area contributed by atoms with E-state index < -0.39 is 11.3 Å². The Morgan fingerprint density at radius 2 is 1.75 bits per heavy atom. The number of halogens is 1. The first-order valence-electron chi connectivity index (χ1n) is 6.69. The van der Waals surface area contributed by atoms with Crippen LogP contribution < -0.4 is 10.6 Å². The van der Waals surface area contributed by atoms with Gasteiger partial charge in [-0.05, 0) is 26.3 Å². The molecule has 0 unspecified atom stereocenters. The minimum absolute atomic E-state index is 0.0655. The molecule has 4 nitrogen and oxygen atoms in total. The highest BCUT2D eigenvalue weighted by Crippen LogP contribution is 2.16. The Bertz CT molecular complexity index is 487. The van der Waals surface area contributed by atoms with E-state index in [-0.39, 0.29) is 18.3 Å². The van der Waals surface area contributed by atoms with Gasteiger partial charge in [0, 0.05) is 18.7 Å². The van der Waals surface area contributed by atoms with Gasteiger partial charge >= 0.3 is 0 Å². The van der Waals surface area contributed by atoms with Gasteiger partial charge in [-0.15, -0.1) is 0 Å². The summed E-state index contributed by atoms with van der Waals surface area (Å²) in [5.74, 6) is -1.12. The Kier molecular flexibility index (Phi) is 5.67. The van der Waals surface area contributed by atoms with Crippen molar-refractivity contribution < 1.29 is 14.0 Å². The lowest BCUT2D eigenvalue weighted by Gasteiger charge is -2.22. The molecule has 0 spiro atoms. The van der Waals surface area contributed by atoms with Gasteiger partial charge in [0.25, 0.3) is 0 Å². The van der Waals surface area contributed by atoms with Crippen molar-refractivity contribution in [3.05, 3.63) is 35.6 Å². The Balaban J connectivity index is 2.61. The van der Waals surface area contributed by atoms with Gasteiger partial charge in [-0.2, -0.15) is 0 Å². The number of benzene rings is 1. The molecular formula is C15H21FN2O2. The molecule has 0 aliphatic carbocycles. The fourth-order valence-corrected chi connectivity index (χ4v) is 1.60. The molecule has 0 fully saturated rings. The highest BCUT2D eigenvalue weighted by molar-refractivity contribution is 6.04. The second-order valence-electron chi connectivity index (χ2n) is 5.15. The first-order chi connectivity index (χ1) is 9.39. The lowest BCUT2D eigenvalue weighted by atomic mass is 9.91. The zero-order valence-corrected chi connectivity index (χ0v) is 12.1. The number of carbonyl (C=O) groups excluding carboxylic acids is 2. The molecule has 0 atom stereocenters. The topological polar surface area (TPSA) is 58.2 Å². The van der Waals surface area contributed by atoms with Crippen molar-refractivity contribution >= 4 is 11.8 Å². The van der Waals surface area contributed by atoms with Crippen LogP contribution in [0, 0.1) is 11.2 Å². The zero-order chi connectivity index (χ0) is 15.2. The molecule has 0 bridgehead atoms. The predicted molar refractivity (Wildman–Crippen MR) is 75.3 cm³/mol. The third-order valence-corrected chi connectivity index (χ3v) is 3.07. The summed E-state index contributed by atoms with van der Waals surface area (Å²) in [4.78, 5) is 24.0. The third-order valence-electron chi connectivity index (χ3n) is 3.07. The molecule has 0 aliphatic rings. The summed E-state index contributed by atoms with van der Waals surface area (Å²) in [6.07, 6.45) is 0.804. The molecule has 2 amide bonds. The monoisotopic (exact) mass is 280 g/mol. The van der Waals surface area contributed by atoms with Crippen LogP contribution >= 0.6 is 0 Å². The quantitative estimate of drug-likeness (QED) is 0.783. The Morgan fingerprint density at radius 1 is 1.15 bits per heavy atom. The van der Waals surface area contributed by atoms with Crippen LogP contribution in [0.4, 0.5) is 4.39 Å². The molecule has 110 valence electrons. The van der Waals surface area contributed by atoms with Crippen LogP contribution in [0.3, 0.4) is 0 Å². The van der Waals surface area contributed by atoms with Crippen molar-refractivity contribution in [3.63, 3.8) is 0 Å². The van der Waals surface area contributed by atoms with Gasteiger partial charge < -0.3 is 10.6 Å². The summed E-state index contributed by atoms with van der Waals surface area (Å²) >= 11 is 0. The highest BCUT2D eigenvalue weighted by atomic mass is 19.1. The van der Waals surface area contributed by atoms with Crippen molar-refractivity contribution in [1.82, 2.24) is 10.6 Å². The number of hydrogen-bond acceptors (Lipinski definition) is 2. The third kappa shape index (κ3) is 4.05.